The van der Waals surface area contributed by atoms with E-state index in [0.29, 0.717) is 5.69 Å². The third-order valence-electron chi connectivity index (χ3n) is 3.37. The molecule has 0 amide bonds. The Morgan fingerprint density at radius 1 is 1.24 bits per heavy atom. The number of benzene rings is 2. The number of nitrogens with one attached hydrogen (secondary N) is 1. The van der Waals surface area contributed by atoms with Crippen molar-refractivity contribution in [1.29, 1.82) is 5.26 Å². The highest BCUT2D eigenvalue weighted by Crippen LogP contribution is 2.31. The summed E-state index contributed by atoms with van der Waals surface area (Å²) in [6.07, 6.45) is 0. The molecular formula is C16H15N3O2. The van der Waals surface area contributed by atoms with E-state index in [1.807, 2.05) is 44.2 Å². The normalized spacial score (nSPS) is 11.5. The molecule has 0 aliphatic heterocycles. The molecule has 106 valence electrons. The molecule has 0 aromatic heterocycles. The van der Waals surface area contributed by atoms with Gasteiger partial charge in [0.1, 0.15) is 17.3 Å². The molecule has 0 saturated heterocycles. The average molecular weight is 281 g/mol. The summed E-state index contributed by atoms with van der Waals surface area (Å²) in [6.45, 7) is 3.93. The smallest absolute Gasteiger partial charge is 0.309 e. The summed E-state index contributed by atoms with van der Waals surface area (Å²) in [5.74, 6) is 0. The molecule has 0 radical (unpaired) electrons. The van der Waals surface area contributed by atoms with E-state index in [9.17, 15) is 10.1 Å². The number of rotatable bonds is 4. The maximum atomic E-state index is 11.2. The van der Waals surface area contributed by atoms with Gasteiger partial charge in [0.05, 0.1) is 4.92 Å². The van der Waals surface area contributed by atoms with Gasteiger partial charge in [0, 0.05) is 6.04 Å². The van der Waals surface area contributed by atoms with Crippen LogP contribution in [-0.2, 0) is 0 Å². The second-order valence-corrected chi connectivity index (χ2v) is 4.79. The third kappa shape index (κ3) is 3.00. The molecule has 0 aliphatic rings. The lowest BCUT2D eigenvalue weighted by Gasteiger charge is -2.18. The zero-order valence-corrected chi connectivity index (χ0v) is 11.8. The van der Waals surface area contributed by atoms with Crippen molar-refractivity contribution in [3.05, 3.63) is 69.3 Å². The number of para-hydroxylation sites is 1. The van der Waals surface area contributed by atoms with Gasteiger partial charge in [-0.15, -0.1) is 0 Å². The molecule has 5 heteroatoms. The van der Waals surface area contributed by atoms with Crippen molar-refractivity contribution in [2.45, 2.75) is 19.9 Å². The van der Waals surface area contributed by atoms with Crippen molar-refractivity contribution < 1.29 is 4.92 Å². The Morgan fingerprint density at radius 2 is 1.95 bits per heavy atom. The lowest BCUT2D eigenvalue weighted by Crippen LogP contribution is -2.10. The molecule has 2 aromatic carbocycles. The second-order valence-electron chi connectivity index (χ2n) is 4.79. The van der Waals surface area contributed by atoms with Crippen molar-refractivity contribution in [3.8, 4) is 6.07 Å². The number of hydrogen-bond donors (Lipinski definition) is 1. The van der Waals surface area contributed by atoms with E-state index in [2.05, 4.69) is 5.32 Å². The van der Waals surface area contributed by atoms with Gasteiger partial charge in [0.15, 0.2) is 0 Å². The van der Waals surface area contributed by atoms with E-state index >= 15 is 0 Å². The van der Waals surface area contributed by atoms with Crippen LogP contribution in [0.15, 0.2) is 42.5 Å². The van der Waals surface area contributed by atoms with Crippen LogP contribution in [0, 0.1) is 28.4 Å². The predicted octanol–water partition coefficient (Wildman–Crippen LogP) is 3.95. The van der Waals surface area contributed by atoms with Crippen molar-refractivity contribution in [3.63, 3.8) is 0 Å². The van der Waals surface area contributed by atoms with Gasteiger partial charge < -0.3 is 5.32 Å². The minimum absolute atomic E-state index is 0.0574. The van der Waals surface area contributed by atoms with E-state index < -0.39 is 4.92 Å². The maximum Gasteiger partial charge on any atom is 0.309 e. The van der Waals surface area contributed by atoms with Crippen molar-refractivity contribution in [2.24, 2.45) is 0 Å². The minimum atomic E-state index is -0.522. The van der Waals surface area contributed by atoms with Crippen molar-refractivity contribution >= 4 is 11.4 Å². The predicted molar refractivity (Wildman–Crippen MR) is 81.0 cm³/mol. The SMILES string of the molecule is Cc1ccccc1C(C)Nc1cccc(C#N)c1[N+](=O)[O-]. The van der Waals surface area contributed by atoms with Gasteiger partial charge >= 0.3 is 5.69 Å². The second kappa shape index (κ2) is 6.06. The van der Waals surface area contributed by atoms with E-state index in [-0.39, 0.29) is 17.3 Å². The van der Waals surface area contributed by atoms with Gasteiger partial charge in [-0.1, -0.05) is 30.3 Å². The molecule has 0 heterocycles. The number of nitrogens with zero attached hydrogens (tertiary/aromatic N) is 2. The number of nitro benzene ring substituents is 1. The molecule has 1 N–H and O–H groups in total. The van der Waals surface area contributed by atoms with E-state index in [0.717, 1.165) is 11.1 Å². The highest BCUT2D eigenvalue weighted by molar-refractivity contribution is 5.69. The molecule has 2 aromatic rings. The monoisotopic (exact) mass is 281 g/mol. The highest BCUT2D eigenvalue weighted by Gasteiger charge is 2.21. The standard InChI is InChI=1S/C16H15N3O2/c1-11-6-3-4-8-14(11)12(2)18-15-9-5-7-13(10-17)16(15)19(20)21/h3-9,12,18H,1-2H3. The molecular weight excluding hydrogens is 266 g/mol. The van der Waals surface area contributed by atoms with Crippen LogP contribution >= 0.6 is 0 Å². The summed E-state index contributed by atoms with van der Waals surface area (Å²) in [5, 5.41) is 23.3. The molecule has 0 fully saturated rings. The van der Waals surface area contributed by atoms with Crippen molar-refractivity contribution in [2.75, 3.05) is 5.32 Å². The maximum absolute atomic E-state index is 11.2. The van der Waals surface area contributed by atoms with Crippen LogP contribution < -0.4 is 5.32 Å². The Balaban J connectivity index is 2.39. The average Bonchev–Trinajstić information content (AvgIpc) is 2.46. The number of nitro groups is 1. The van der Waals surface area contributed by atoms with E-state index in [1.54, 1.807) is 12.1 Å². The number of aryl methyl sites for hydroxylation is 1. The first-order valence-corrected chi connectivity index (χ1v) is 6.54. The molecule has 0 aliphatic carbocycles. The third-order valence-corrected chi connectivity index (χ3v) is 3.37. The zero-order valence-electron chi connectivity index (χ0n) is 11.8. The van der Waals surface area contributed by atoms with E-state index in [4.69, 9.17) is 5.26 Å². The molecule has 5 nitrogen and oxygen atoms in total. The Labute approximate surface area is 123 Å². The largest absolute Gasteiger partial charge is 0.373 e. The van der Waals surface area contributed by atoms with Crippen LogP contribution in [0.2, 0.25) is 0 Å². The summed E-state index contributed by atoms with van der Waals surface area (Å²) in [7, 11) is 0. The topological polar surface area (TPSA) is 79.0 Å². The Hall–Kier alpha value is -2.87. The summed E-state index contributed by atoms with van der Waals surface area (Å²) in [5.41, 5.74) is 2.41. The molecule has 1 atom stereocenters. The summed E-state index contributed by atoms with van der Waals surface area (Å²) < 4.78 is 0. The first-order valence-electron chi connectivity index (χ1n) is 6.54. The van der Waals surface area contributed by atoms with Crippen LogP contribution in [0.25, 0.3) is 0 Å². The molecule has 2 rings (SSSR count). The first-order chi connectivity index (χ1) is 10.0. The van der Waals surface area contributed by atoms with Crippen LogP contribution in [0.5, 0.6) is 0 Å². The van der Waals surface area contributed by atoms with Gasteiger partial charge in [0.25, 0.3) is 0 Å². The quantitative estimate of drug-likeness (QED) is 0.679. The lowest BCUT2D eigenvalue weighted by atomic mass is 10.0. The van der Waals surface area contributed by atoms with Crippen LogP contribution in [-0.4, -0.2) is 4.92 Å². The zero-order chi connectivity index (χ0) is 15.4. The van der Waals surface area contributed by atoms with Crippen LogP contribution in [0.4, 0.5) is 11.4 Å². The fourth-order valence-electron chi connectivity index (χ4n) is 2.33. The Morgan fingerprint density at radius 3 is 2.57 bits per heavy atom. The van der Waals surface area contributed by atoms with Gasteiger partial charge in [0.2, 0.25) is 0 Å². The van der Waals surface area contributed by atoms with E-state index in [1.165, 1.54) is 6.07 Å². The molecule has 0 saturated carbocycles. The Kier molecular flexibility index (Phi) is 4.19. The van der Waals surface area contributed by atoms with Gasteiger partial charge in [-0.2, -0.15) is 5.26 Å². The molecule has 0 spiro atoms. The summed E-state index contributed by atoms with van der Waals surface area (Å²) >= 11 is 0. The van der Waals surface area contributed by atoms with Crippen molar-refractivity contribution in [1.82, 2.24) is 0 Å². The number of anilines is 1. The van der Waals surface area contributed by atoms with Gasteiger partial charge in [-0.05, 0) is 37.1 Å². The van der Waals surface area contributed by atoms with Crippen LogP contribution in [0.3, 0.4) is 0 Å². The number of hydrogen-bond acceptors (Lipinski definition) is 4. The fraction of sp³-hybridized carbons (Fsp3) is 0.188. The summed E-state index contributed by atoms with van der Waals surface area (Å²) in [6, 6.07) is 14.3. The fourth-order valence-corrected chi connectivity index (χ4v) is 2.33. The molecule has 1 unspecified atom stereocenters. The van der Waals surface area contributed by atoms with Gasteiger partial charge in [-0.3, -0.25) is 10.1 Å². The Bertz CT molecular complexity index is 720. The van der Waals surface area contributed by atoms with Gasteiger partial charge in [-0.25, -0.2) is 0 Å². The molecule has 21 heavy (non-hydrogen) atoms. The first kappa shape index (κ1) is 14.5. The highest BCUT2D eigenvalue weighted by atomic mass is 16.6. The number of nitriles is 1. The molecule has 0 bridgehead atoms. The minimum Gasteiger partial charge on any atom is -0.373 e. The lowest BCUT2D eigenvalue weighted by molar-refractivity contribution is -0.384. The van der Waals surface area contributed by atoms with Crippen LogP contribution in [0.1, 0.15) is 29.7 Å². The summed E-state index contributed by atoms with van der Waals surface area (Å²) in [4.78, 5) is 10.7.